The number of hydrogen-bond acceptors (Lipinski definition) is 4. The third-order valence-electron chi connectivity index (χ3n) is 8.72. The molecule has 1 amide bonds. The van der Waals surface area contributed by atoms with Gasteiger partial charge in [0, 0.05) is 23.2 Å². The molecule has 0 spiro atoms. The van der Waals surface area contributed by atoms with Crippen molar-refractivity contribution in [3.8, 4) is 0 Å². The van der Waals surface area contributed by atoms with Gasteiger partial charge in [0.15, 0.2) is 9.84 Å². The fourth-order valence-corrected chi connectivity index (χ4v) is 8.93. The van der Waals surface area contributed by atoms with Gasteiger partial charge in [-0.3, -0.25) is 4.79 Å². The van der Waals surface area contributed by atoms with Crippen molar-refractivity contribution >= 4 is 33.0 Å². The van der Waals surface area contributed by atoms with Crippen LogP contribution in [0.1, 0.15) is 61.8 Å². The number of nitrogens with one attached hydrogen (secondary N) is 1. The van der Waals surface area contributed by atoms with Gasteiger partial charge in [0.25, 0.3) is 0 Å². The average molecular weight is 516 g/mol. The van der Waals surface area contributed by atoms with Crippen LogP contribution in [0, 0.1) is 29.6 Å². The van der Waals surface area contributed by atoms with Crippen LogP contribution in [0.5, 0.6) is 0 Å². The van der Waals surface area contributed by atoms with E-state index in [1.807, 2.05) is 25.1 Å². The maximum absolute atomic E-state index is 13.6. The second kappa shape index (κ2) is 9.87. The minimum absolute atomic E-state index is 0.00761. The highest BCUT2D eigenvalue weighted by atomic mass is 35.5. The van der Waals surface area contributed by atoms with E-state index in [0.29, 0.717) is 35.0 Å². The Morgan fingerprint density at radius 3 is 2.54 bits per heavy atom. The fourth-order valence-electron chi connectivity index (χ4n) is 6.71. The molecule has 0 bridgehead atoms. The zero-order valence-corrected chi connectivity index (χ0v) is 21.7. The fraction of sp³-hybridized carbons (Fsp3) is 0.536. The van der Waals surface area contributed by atoms with Gasteiger partial charge in [-0.1, -0.05) is 49.9 Å². The van der Waals surface area contributed by atoms with Crippen LogP contribution in [0.15, 0.2) is 47.4 Å². The minimum Gasteiger partial charge on any atom is -0.396 e. The topological polar surface area (TPSA) is 83.5 Å². The van der Waals surface area contributed by atoms with E-state index in [9.17, 15) is 18.3 Å². The molecule has 5 atom stereocenters. The van der Waals surface area contributed by atoms with Crippen molar-refractivity contribution in [1.82, 2.24) is 0 Å². The summed E-state index contributed by atoms with van der Waals surface area (Å²) in [6.45, 7) is 1.96. The number of aliphatic hydroxyl groups is 1. The Kier molecular flexibility index (Phi) is 6.99. The van der Waals surface area contributed by atoms with E-state index in [1.165, 1.54) is 25.3 Å². The van der Waals surface area contributed by atoms with Crippen LogP contribution in [-0.2, 0) is 21.1 Å². The molecule has 5 nitrogen and oxygen atoms in total. The summed E-state index contributed by atoms with van der Waals surface area (Å²) in [5.41, 5.74) is 2.24. The summed E-state index contributed by atoms with van der Waals surface area (Å²) in [6, 6.07) is 11.9. The lowest BCUT2D eigenvalue weighted by Gasteiger charge is -2.31. The Balaban J connectivity index is 1.39. The highest BCUT2D eigenvalue weighted by Crippen LogP contribution is 2.49. The molecule has 2 aromatic carbocycles. The molecular weight excluding hydrogens is 482 g/mol. The largest absolute Gasteiger partial charge is 0.396 e. The monoisotopic (exact) mass is 515 g/mol. The predicted molar refractivity (Wildman–Crippen MR) is 138 cm³/mol. The first-order valence-electron chi connectivity index (χ1n) is 12.8. The van der Waals surface area contributed by atoms with Crippen molar-refractivity contribution in [1.29, 1.82) is 0 Å². The Bertz CT molecular complexity index is 1200. The first kappa shape index (κ1) is 24.8. The quantitative estimate of drug-likeness (QED) is 0.508. The lowest BCUT2D eigenvalue weighted by atomic mass is 9.83. The van der Waals surface area contributed by atoms with Crippen molar-refractivity contribution in [3.63, 3.8) is 0 Å². The number of anilines is 1. The van der Waals surface area contributed by atoms with Crippen LogP contribution in [0.3, 0.4) is 0 Å². The van der Waals surface area contributed by atoms with Gasteiger partial charge in [0.05, 0.1) is 10.1 Å². The Morgan fingerprint density at radius 2 is 1.86 bits per heavy atom. The summed E-state index contributed by atoms with van der Waals surface area (Å²) in [6.07, 6.45) is 7.17. The van der Waals surface area contributed by atoms with E-state index in [4.69, 9.17) is 11.6 Å². The van der Waals surface area contributed by atoms with Crippen LogP contribution in [0.4, 0.5) is 5.69 Å². The molecule has 3 aliphatic carbocycles. The number of carbonyl (C=O) groups is 1. The highest BCUT2D eigenvalue weighted by Gasteiger charge is 2.41. The van der Waals surface area contributed by atoms with Gasteiger partial charge in [-0.25, -0.2) is 8.42 Å². The van der Waals surface area contributed by atoms with Crippen molar-refractivity contribution in [3.05, 3.63) is 58.6 Å². The molecule has 2 fully saturated rings. The first-order valence-corrected chi connectivity index (χ1v) is 14.7. The van der Waals surface area contributed by atoms with Gasteiger partial charge in [-0.15, -0.1) is 0 Å². The van der Waals surface area contributed by atoms with E-state index < -0.39 is 15.1 Å². The normalized spacial score (nSPS) is 28.8. The maximum Gasteiger partial charge on any atom is 0.227 e. The SMILES string of the molecule is C[C@H](C(=O)Nc1ccc2c(c1)C(S(=O)(=O)c1cccc(Cl)c1)C[C@H](CO)C2)C1CC2CCCC2C1. The highest BCUT2D eigenvalue weighted by molar-refractivity contribution is 7.91. The lowest BCUT2D eigenvalue weighted by molar-refractivity contribution is -0.120. The Labute approximate surface area is 213 Å². The third-order valence-corrected chi connectivity index (χ3v) is 11.1. The van der Waals surface area contributed by atoms with Crippen molar-refractivity contribution < 1.29 is 18.3 Å². The predicted octanol–water partition coefficient (Wildman–Crippen LogP) is 5.81. The van der Waals surface area contributed by atoms with Gasteiger partial charge in [-0.05, 0) is 90.8 Å². The molecule has 188 valence electrons. The zero-order valence-electron chi connectivity index (χ0n) is 20.1. The van der Waals surface area contributed by atoms with Gasteiger partial charge in [0.1, 0.15) is 0 Å². The molecule has 7 heteroatoms. The molecule has 0 saturated heterocycles. The molecule has 3 aliphatic rings. The van der Waals surface area contributed by atoms with E-state index >= 15 is 0 Å². The van der Waals surface area contributed by atoms with Crippen molar-refractivity contribution in [2.75, 3.05) is 11.9 Å². The number of sulfone groups is 1. The number of hydrogen-bond donors (Lipinski definition) is 2. The molecule has 0 aromatic heterocycles. The number of fused-ring (bicyclic) bond motifs is 2. The van der Waals surface area contributed by atoms with Crippen LogP contribution in [0.25, 0.3) is 0 Å². The van der Waals surface area contributed by atoms with Crippen LogP contribution in [0.2, 0.25) is 5.02 Å². The molecule has 2 saturated carbocycles. The summed E-state index contributed by atoms with van der Waals surface area (Å²) in [4.78, 5) is 13.3. The molecule has 2 N–H and O–H groups in total. The molecule has 0 radical (unpaired) electrons. The smallest absolute Gasteiger partial charge is 0.227 e. The van der Waals surface area contributed by atoms with E-state index in [1.54, 1.807) is 18.2 Å². The van der Waals surface area contributed by atoms with Gasteiger partial charge >= 0.3 is 0 Å². The number of carbonyl (C=O) groups excluding carboxylic acids is 1. The van der Waals surface area contributed by atoms with E-state index in [2.05, 4.69) is 5.32 Å². The molecule has 0 aliphatic heterocycles. The number of halogens is 1. The number of rotatable bonds is 6. The second-order valence-corrected chi connectivity index (χ2v) is 13.4. The number of aliphatic hydroxyl groups excluding tert-OH is 1. The average Bonchev–Trinajstić information content (AvgIpc) is 3.45. The third kappa shape index (κ3) is 4.90. The van der Waals surface area contributed by atoms with Crippen LogP contribution < -0.4 is 5.32 Å². The molecule has 3 unspecified atom stereocenters. The second-order valence-electron chi connectivity index (χ2n) is 10.9. The van der Waals surface area contributed by atoms with Gasteiger partial charge in [-0.2, -0.15) is 0 Å². The molecule has 35 heavy (non-hydrogen) atoms. The zero-order chi connectivity index (χ0) is 24.7. The summed E-state index contributed by atoms with van der Waals surface area (Å²) in [7, 11) is -3.73. The minimum atomic E-state index is -3.73. The first-order chi connectivity index (χ1) is 16.8. The summed E-state index contributed by atoms with van der Waals surface area (Å²) < 4.78 is 27.3. The molecular formula is C28H34ClNO4S. The van der Waals surface area contributed by atoms with E-state index in [0.717, 1.165) is 30.2 Å². The summed E-state index contributed by atoms with van der Waals surface area (Å²) >= 11 is 6.09. The molecule has 0 heterocycles. The lowest BCUT2D eigenvalue weighted by Crippen LogP contribution is -2.28. The van der Waals surface area contributed by atoms with Crippen LogP contribution in [-0.4, -0.2) is 26.0 Å². The summed E-state index contributed by atoms with van der Waals surface area (Å²) in [5.74, 6) is 1.80. The van der Waals surface area contributed by atoms with Gasteiger partial charge < -0.3 is 10.4 Å². The van der Waals surface area contributed by atoms with Gasteiger partial charge in [0.2, 0.25) is 5.91 Å². The van der Waals surface area contributed by atoms with Crippen molar-refractivity contribution in [2.45, 2.75) is 62.0 Å². The van der Waals surface area contributed by atoms with E-state index in [-0.39, 0.29) is 29.2 Å². The Hall–Kier alpha value is -1.89. The summed E-state index contributed by atoms with van der Waals surface area (Å²) in [5, 5.41) is 12.5. The number of benzene rings is 2. The number of amides is 1. The maximum atomic E-state index is 13.6. The molecule has 5 rings (SSSR count). The standard InChI is InChI=1S/C28H34ClNO4S/c1-17(22-12-19-4-2-5-20(19)13-22)28(32)30-24-9-8-21-10-18(16-31)11-27(26(21)15-24)35(33,34)25-7-3-6-23(29)14-25/h3,6-9,14-15,17-20,22,27,31H,2,4-5,10-13,16H2,1H3,(H,30,32)/t17-,18+,19?,20?,22?,27?/m0/s1. The van der Waals surface area contributed by atoms with Crippen LogP contribution >= 0.6 is 11.6 Å². The molecule has 2 aromatic rings. The van der Waals surface area contributed by atoms with Crippen molar-refractivity contribution in [2.24, 2.45) is 29.6 Å². The Morgan fingerprint density at radius 1 is 1.11 bits per heavy atom.